The fourth-order valence-electron chi connectivity index (χ4n) is 2.65. The van der Waals surface area contributed by atoms with Gasteiger partial charge in [-0.25, -0.2) is 0 Å². The van der Waals surface area contributed by atoms with Gasteiger partial charge in [0.1, 0.15) is 5.78 Å². The van der Waals surface area contributed by atoms with E-state index >= 15 is 0 Å². The summed E-state index contributed by atoms with van der Waals surface area (Å²) in [7, 11) is 0. The van der Waals surface area contributed by atoms with Gasteiger partial charge in [0.2, 0.25) is 5.16 Å². The fraction of sp³-hybridized carbons (Fsp3) is 0.467. The van der Waals surface area contributed by atoms with Gasteiger partial charge in [0.05, 0.1) is 5.69 Å². The van der Waals surface area contributed by atoms with Crippen LogP contribution in [0.2, 0.25) is 0 Å². The zero-order chi connectivity index (χ0) is 14.9. The van der Waals surface area contributed by atoms with Gasteiger partial charge in [-0.1, -0.05) is 30.8 Å². The molecular formula is C15H18N4OS. The Bertz CT molecular complexity index is 669. The number of rotatable bonds is 4. The predicted molar refractivity (Wildman–Crippen MR) is 81.6 cm³/mol. The Morgan fingerprint density at radius 1 is 1.43 bits per heavy atom. The molecule has 6 heteroatoms. The van der Waals surface area contributed by atoms with E-state index in [1.807, 2.05) is 31.2 Å². The molecule has 0 saturated heterocycles. The van der Waals surface area contributed by atoms with Gasteiger partial charge < -0.3 is 0 Å². The highest BCUT2D eigenvalue weighted by atomic mass is 32.2. The number of carbonyl (C=O) groups excluding carboxylic acids is 1. The summed E-state index contributed by atoms with van der Waals surface area (Å²) >= 11 is 1.56. The monoisotopic (exact) mass is 302 g/mol. The summed E-state index contributed by atoms with van der Waals surface area (Å²) in [6, 6.07) is 8.06. The van der Waals surface area contributed by atoms with Gasteiger partial charge in [-0.2, -0.15) is 4.68 Å². The minimum absolute atomic E-state index is 0.228. The van der Waals surface area contributed by atoms with Crippen molar-refractivity contribution in [1.29, 1.82) is 0 Å². The van der Waals surface area contributed by atoms with E-state index in [4.69, 9.17) is 0 Å². The maximum Gasteiger partial charge on any atom is 0.214 e. The lowest BCUT2D eigenvalue weighted by molar-refractivity contribution is -0.124. The summed E-state index contributed by atoms with van der Waals surface area (Å²) in [5, 5.41) is 12.7. The molecule has 0 N–H and O–H groups in total. The number of ketones is 1. The molecule has 1 saturated carbocycles. The Labute approximate surface area is 128 Å². The first-order chi connectivity index (χ1) is 10.1. The lowest BCUT2D eigenvalue weighted by atomic mass is 9.91. The molecule has 1 atom stereocenters. The van der Waals surface area contributed by atoms with Gasteiger partial charge in [-0.15, -0.1) is 5.10 Å². The number of nitrogens with zero attached hydrogens (tertiary/aromatic N) is 4. The van der Waals surface area contributed by atoms with Crippen molar-refractivity contribution in [3.63, 3.8) is 0 Å². The van der Waals surface area contributed by atoms with Crippen molar-refractivity contribution in [2.75, 3.05) is 5.75 Å². The standard InChI is InChI=1S/C15H18N4OS/c1-11-5-3-6-12(9-11)19-14(16-17-18-19)21-10-15(2)8-4-7-13(15)20/h3,5-6,9H,4,7-8,10H2,1-2H3. The number of tetrazole rings is 1. The summed E-state index contributed by atoms with van der Waals surface area (Å²) in [4.78, 5) is 12.0. The molecule has 1 aromatic heterocycles. The summed E-state index contributed by atoms with van der Waals surface area (Å²) in [5.74, 6) is 1.10. The van der Waals surface area contributed by atoms with Crippen LogP contribution >= 0.6 is 11.8 Å². The molecule has 0 spiro atoms. The van der Waals surface area contributed by atoms with Crippen LogP contribution in [0.3, 0.4) is 0 Å². The second-order valence-corrected chi connectivity index (χ2v) is 6.78. The Balaban J connectivity index is 1.79. The second kappa shape index (κ2) is 5.60. The zero-order valence-corrected chi connectivity index (χ0v) is 13.1. The number of hydrogen-bond acceptors (Lipinski definition) is 5. The quantitative estimate of drug-likeness (QED) is 0.813. The van der Waals surface area contributed by atoms with E-state index in [1.54, 1.807) is 16.4 Å². The first kappa shape index (κ1) is 14.3. The average Bonchev–Trinajstić information content (AvgIpc) is 3.05. The van der Waals surface area contributed by atoms with Crippen LogP contribution in [-0.2, 0) is 4.79 Å². The molecule has 1 aliphatic carbocycles. The Kier molecular flexibility index (Phi) is 3.80. The molecule has 1 aromatic carbocycles. The number of hydrogen-bond donors (Lipinski definition) is 0. The van der Waals surface area contributed by atoms with Crippen LogP contribution in [0.5, 0.6) is 0 Å². The topological polar surface area (TPSA) is 60.7 Å². The van der Waals surface area contributed by atoms with E-state index in [-0.39, 0.29) is 5.41 Å². The lowest BCUT2D eigenvalue weighted by Crippen LogP contribution is -2.24. The average molecular weight is 302 g/mol. The zero-order valence-electron chi connectivity index (χ0n) is 12.2. The van der Waals surface area contributed by atoms with Crippen molar-refractivity contribution in [2.45, 2.75) is 38.3 Å². The van der Waals surface area contributed by atoms with Crippen molar-refractivity contribution in [3.8, 4) is 5.69 Å². The minimum Gasteiger partial charge on any atom is -0.299 e. The Morgan fingerprint density at radius 2 is 2.29 bits per heavy atom. The third-order valence-corrected chi connectivity index (χ3v) is 5.31. The van der Waals surface area contributed by atoms with E-state index in [0.29, 0.717) is 12.2 Å². The van der Waals surface area contributed by atoms with Crippen LogP contribution in [0, 0.1) is 12.3 Å². The van der Waals surface area contributed by atoms with Gasteiger partial charge in [0.25, 0.3) is 0 Å². The molecule has 21 heavy (non-hydrogen) atoms. The van der Waals surface area contributed by atoms with Crippen LogP contribution in [0.1, 0.15) is 31.7 Å². The van der Waals surface area contributed by atoms with Gasteiger partial charge in [-0.3, -0.25) is 4.79 Å². The van der Waals surface area contributed by atoms with Crippen molar-refractivity contribution in [2.24, 2.45) is 5.41 Å². The van der Waals surface area contributed by atoms with Crippen LogP contribution in [0.25, 0.3) is 5.69 Å². The molecule has 1 fully saturated rings. The van der Waals surface area contributed by atoms with Crippen molar-refractivity contribution in [1.82, 2.24) is 20.2 Å². The SMILES string of the molecule is Cc1cccc(-n2nnnc2SCC2(C)CCCC2=O)c1. The first-order valence-corrected chi connectivity index (χ1v) is 8.09. The fourth-order valence-corrected chi connectivity index (χ4v) is 3.76. The van der Waals surface area contributed by atoms with E-state index in [0.717, 1.165) is 35.0 Å². The number of aromatic nitrogens is 4. The number of thioether (sulfide) groups is 1. The molecule has 2 aromatic rings. The molecule has 5 nitrogen and oxygen atoms in total. The molecule has 110 valence electrons. The van der Waals surface area contributed by atoms with Crippen LogP contribution < -0.4 is 0 Å². The van der Waals surface area contributed by atoms with Crippen molar-refractivity contribution >= 4 is 17.5 Å². The minimum atomic E-state index is -0.228. The largest absolute Gasteiger partial charge is 0.299 e. The molecule has 1 heterocycles. The lowest BCUT2D eigenvalue weighted by Gasteiger charge is -2.20. The van der Waals surface area contributed by atoms with E-state index in [9.17, 15) is 4.79 Å². The van der Waals surface area contributed by atoms with Crippen LogP contribution in [0.4, 0.5) is 0 Å². The summed E-state index contributed by atoms with van der Waals surface area (Å²) in [6.45, 7) is 4.09. The van der Waals surface area contributed by atoms with E-state index in [1.165, 1.54) is 0 Å². The van der Waals surface area contributed by atoms with Gasteiger partial charge in [0.15, 0.2) is 0 Å². The van der Waals surface area contributed by atoms with E-state index < -0.39 is 0 Å². The van der Waals surface area contributed by atoms with Gasteiger partial charge >= 0.3 is 0 Å². The highest BCUT2D eigenvalue weighted by Gasteiger charge is 2.37. The third kappa shape index (κ3) is 2.85. The maximum atomic E-state index is 12.0. The molecular weight excluding hydrogens is 284 g/mol. The van der Waals surface area contributed by atoms with Gasteiger partial charge in [-0.05, 0) is 47.9 Å². The third-order valence-electron chi connectivity index (χ3n) is 4.01. The number of aryl methyl sites for hydroxylation is 1. The summed E-state index contributed by atoms with van der Waals surface area (Å²) < 4.78 is 1.74. The first-order valence-electron chi connectivity index (χ1n) is 7.10. The van der Waals surface area contributed by atoms with E-state index in [2.05, 4.69) is 22.4 Å². The molecule has 0 radical (unpaired) electrons. The molecule has 0 bridgehead atoms. The molecule has 3 rings (SSSR count). The number of carbonyl (C=O) groups is 1. The molecule has 1 unspecified atom stereocenters. The Morgan fingerprint density at radius 3 is 3.00 bits per heavy atom. The summed E-state index contributed by atoms with van der Waals surface area (Å²) in [6.07, 6.45) is 2.67. The van der Waals surface area contributed by atoms with Crippen molar-refractivity contribution in [3.05, 3.63) is 29.8 Å². The van der Waals surface area contributed by atoms with Crippen molar-refractivity contribution < 1.29 is 4.79 Å². The van der Waals surface area contributed by atoms with Crippen LogP contribution in [0.15, 0.2) is 29.4 Å². The number of Topliss-reactive ketones (excluding diaryl/α,β-unsaturated/α-hetero) is 1. The normalized spacial score (nSPS) is 21.9. The molecule has 0 aliphatic heterocycles. The maximum absolute atomic E-state index is 12.0. The molecule has 0 amide bonds. The highest BCUT2D eigenvalue weighted by Crippen LogP contribution is 2.38. The number of benzene rings is 1. The highest BCUT2D eigenvalue weighted by molar-refractivity contribution is 7.99. The smallest absolute Gasteiger partial charge is 0.214 e. The molecule has 1 aliphatic rings. The van der Waals surface area contributed by atoms with Gasteiger partial charge in [0, 0.05) is 17.6 Å². The summed E-state index contributed by atoms with van der Waals surface area (Å²) in [5.41, 5.74) is 1.89. The second-order valence-electron chi connectivity index (χ2n) is 5.84. The van der Waals surface area contributed by atoms with Crippen LogP contribution in [-0.4, -0.2) is 31.7 Å². The predicted octanol–water partition coefficient (Wildman–Crippen LogP) is 2.82. The Hall–Kier alpha value is -1.69.